The predicted octanol–water partition coefficient (Wildman–Crippen LogP) is 3.40. The summed E-state index contributed by atoms with van der Waals surface area (Å²) >= 11 is 0. The highest BCUT2D eigenvalue weighted by molar-refractivity contribution is 7.89. The van der Waals surface area contributed by atoms with E-state index in [1.165, 1.54) is 28.6 Å². The zero-order valence-corrected chi connectivity index (χ0v) is 26.8. The van der Waals surface area contributed by atoms with Gasteiger partial charge in [-0.1, -0.05) is 12.1 Å². The number of aromatic nitrogens is 6. The summed E-state index contributed by atoms with van der Waals surface area (Å²) in [4.78, 5) is 16.9. The first kappa shape index (κ1) is 32.1. The van der Waals surface area contributed by atoms with E-state index in [9.17, 15) is 21.6 Å². The average Bonchev–Trinajstić information content (AvgIpc) is 3.68. The first-order valence-corrected chi connectivity index (χ1v) is 16.6. The van der Waals surface area contributed by atoms with E-state index in [1.807, 2.05) is 19.1 Å². The Morgan fingerprint density at radius 1 is 0.978 bits per heavy atom. The first-order chi connectivity index (χ1) is 21.9. The number of imidazole rings is 1. The van der Waals surface area contributed by atoms with Crippen LogP contribution in [0.3, 0.4) is 0 Å². The first-order valence-electron chi connectivity index (χ1n) is 15.1. The van der Waals surface area contributed by atoms with Gasteiger partial charge in [0.1, 0.15) is 5.56 Å². The van der Waals surface area contributed by atoms with Gasteiger partial charge in [0.25, 0.3) is 10.0 Å². The van der Waals surface area contributed by atoms with Crippen molar-refractivity contribution in [1.82, 2.24) is 43.4 Å². The van der Waals surface area contributed by atoms with Crippen LogP contribution in [0, 0.1) is 6.92 Å². The summed E-state index contributed by atoms with van der Waals surface area (Å²) < 4.78 is 72.5. The van der Waals surface area contributed by atoms with Crippen molar-refractivity contribution >= 4 is 16.0 Å². The number of alkyl halides is 3. The third-order valence-electron chi connectivity index (χ3n) is 8.53. The third-order valence-corrected chi connectivity index (χ3v) is 10.3. The van der Waals surface area contributed by atoms with Gasteiger partial charge in [0, 0.05) is 83.1 Å². The second kappa shape index (κ2) is 12.7. The normalized spacial score (nSPS) is 17.9. The van der Waals surface area contributed by atoms with Crippen molar-refractivity contribution in [2.24, 2.45) is 7.05 Å². The molecule has 2 aliphatic rings. The third kappa shape index (κ3) is 6.94. The molecule has 0 unspecified atom stereocenters. The lowest BCUT2D eigenvalue weighted by Crippen LogP contribution is -2.43. The zero-order chi connectivity index (χ0) is 32.6. The van der Waals surface area contributed by atoms with Gasteiger partial charge in [-0.2, -0.15) is 22.6 Å². The van der Waals surface area contributed by atoms with Crippen molar-refractivity contribution in [3.63, 3.8) is 0 Å². The number of sulfonamides is 1. The van der Waals surface area contributed by atoms with E-state index in [0.717, 1.165) is 50.2 Å². The van der Waals surface area contributed by atoms with Crippen LogP contribution in [0.5, 0.6) is 0 Å². The van der Waals surface area contributed by atoms with Crippen molar-refractivity contribution in [3.8, 4) is 16.9 Å². The summed E-state index contributed by atoms with van der Waals surface area (Å²) in [7, 11) is 0.0833. The molecule has 2 aliphatic heterocycles. The molecule has 1 N–H and O–H groups in total. The lowest BCUT2D eigenvalue weighted by atomic mass is 10.1. The van der Waals surface area contributed by atoms with E-state index in [1.54, 1.807) is 22.5 Å². The molecule has 0 atom stereocenters. The van der Waals surface area contributed by atoms with Crippen LogP contribution in [0.25, 0.3) is 16.9 Å². The summed E-state index contributed by atoms with van der Waals surface area (Å²) in [5.41, 5.74) is 1.85. The Bertz CT molecular complexity index is 1790. The Balaban J connectivity index is 1.17. The number of halogens is 3. The summed E-state index contributed by atoms with van der Waals surface area (Å²) in [6.07, 6.45) is 2.75. The number of nitrogens with one attached hydrogen (secondary N) is 1. The van der Waals surface area contributed by atoms with Gasteiger partial charge in [0.15, 0.2) is 5.03 Å². The van der Waals surface area contributed by atoms with Crippen LogP contribution in [0.1, 0.15) is 29.5 Å². The molecule has 46 heavy (non-hydrogen) atoms. The second-order valence-electron chi connectivity index (χ2n) is 12.0. The molecule has 16 heteroatoms. The van der Waals surface area contributed by atoms with Gasteiger partial charge in [0.2, 0.25) is 5.95 Å². The zero-order valence-electron chi connectivity index (χ0n) is 25.9. The Morgan fingerprint density at radius 2 is 1.72 bits per heavy atom. The summed E-state index contributed by atoms with van der Waals surface area (Å²) in [6.45, 7) is 7.32. The maximum Gasteiger partial charge on any atom is 0.419 e. The van der Waals surface area contributed by atoms with Gasteiger partial charge in [-0.25, -0.2) is 28.1 Å². The van der Waals surface area contributed by atoms with Gasteiger partial charge in [-0.15, -0.1) is 0 Å². The maximum atomic E-state index is 14.1. The molecule has 4 aromatic rings. The van der Waals surface area contributed by atoms with Gasteiger partial charge in [0.05, 0.1) is 23.9 Å². The Kier molecular flexibility index (Phi) is 8.89. The highest BCUT2D eigenvalue weighted by Gasteiger charge is 2.36. The average molecular weight is 659 g/mol. The van der Waals surface area contributed by atoms with E-state index >= 15 is 0 Å². The van der Waals surface area contributed by atoms with Gasteiger partial charge in [-0.05, 0) is 44.0 Å². The molecule has 246 valence electrons. The minimum Gasteiger partial charge on any atom is -0.351 e. The van der Waals surface area contributed by atoms with Gasteiger partial charge >= 0.3 is 6.18 Å². The molecule has 0 bridgehead atoms. The lowest BCUT2D eigenvalue weighted by molar-refractivity contribution is -0.137. The minimum atomic E-state index is -4.68. The second-order valence-corrected chi connectivity index (χ2v) is 13.9. The van der Waals surface area contributed by atoms with E-state index in [0.29, 0.717) is 12.8 Å². The van der Waals surface area contributed by atoms with Crippen LogP contribution in [0.4, 0.5) is 19.1 Å². The van der Waals surface area contributed by atoms with Crippen molar-refractivity contribution in [1.29, 1.82) is 0 Å². The monoisotopic (exact) mass is 658 g/mol. The Hall–Kier alpha value is -3.86. The number of aryl methyl sites for hydroxylation is 2. The maximum absolute atomic E-state index is 14.1. The fraction of sp³-hybridized carbons (Fsp3) is 0.467. The van der Waals surface area contributed by atoms with Crippen molar-refractivity contribution in [2.45, 2.75) is 43.6 Å². The number of nitrogens with zero attached hydrogens (tertiary/aromatic N) is 9. The highest BCUT2D eigenvalue weighted by atomic mass is 32.2. The number of hydrogen-bond donors (Lipinski definition) is 1. The van der Waals surface area contributed by atoms with Crippen LogP contribution < -0.4 is 5.32 Å². The highest BCUT2D eigenvalue weighted by Crippen LogP contribution is 2.36. The van der Waals surface area contributed by atoms with E-state index in [2.05, 4.69) is 48.3 Å². The topological polar surface area (TPSA) is 117 Å². The quantitative estimate of drug-likeness (QED) is 0.304. The molecule has 0 spiro atoms. The summed E-state index contributed by atoms with van der Waals surface area (Å²) in [6, 6.07) is 5.84. The fourth-order valence-electron chi connectivity index (χ4n) is 5.87. The van der Waals surface area contributed by atoms with Crippen LogP contribution in [0.15, 0.2) is 54.3 Å². The largest absolute Gasteiger partial charge is 0.419 e. The molecule has 6 rings (SSSR count). The van der Waals surface area contributed by atoms with E-state index in [4.69, 9.17) is 0 Å². The molecule has 0 aliphatic carbocycles. The molecule has 1 aromatic carbocycles. The molecule has 2 saturated heterocycles. The predicted molar refractivity (Wildman–Crippen MR) is 166 cm³/mol. The molecule has 12 nitrogen and oxygen atoms in total. The number of anilines is 1. The standard InChI is InChI=1S/C30H37F3N10O2S/c1-21-14-22(17-41-12-10-39(2)11-13-41)4-5-26(21)43-18-23(15-36-43)28-25(30(31,32)33)16-34-29(38-28)37-24-6-8-42(9-7-24)46(44,45)27-19-40(3)20-35-27/h4-5,14-16,18-20,24H,6-13,17H2,1-3H3,(H,34,37,38). The lowest BCUT2D eigenvalue weighted by Gasteiger charge is -2.32. The molecule has 0 radical (unpaired) electrons. The smallest absolute Gasteiger partial charge is 0.351 e. The van der Waals surface area contributed by atoms with Gasteiger partial charge in [-0.3, -0.25) is 4.90 Å². The minimum absolute atomic E-state index is 0.0190. The van der Waals surface area contributed by atoms with Crippen molar-refractivity contribution in [2.75, 3.05) is 51.6 Å². The van der Waals surface area contributed by atoms with E-state index in [-0.39, 0.29) is 41.4 Å². The number of piperidine rings is 1. The SMILES string of the molecule is Cc1cc(CN2CCN(C)CC2)ccc1-n1cc(-c2nc(NC3CCN(S(=O)(=O)c4cn(C)cn4)CC3)ncc2C(F)(F)F)cn1. The summed E-state index contributed by atoms with van der Waals surface area (Å²) in [5.74, 6) is 0.0335. The molecule has 0 amide bonds. The number of piperazine rings is 1. The molecular weight excluding hydrogens is 621 g/mol. The van der Waals surface area contributed by atoms with Gasteiger partial charge < -0.3 is 14.8 Å². The number of hydrogen-bond acceptors (Lipinski definition) is 9. The summed E-state index contributed by atoms with van der Waals surface area (Å²) in [5, 5.41) is 7.48. The number of rotatable bonds is 8. The number of likely N-dealkylation sites (N-methyl/N-ethyl adjacent to an activating group) is 1. The van der Waals surface area contributed by atoms with Crippen LogP contribution in [0.2, 0.25) is 0 Å². The van der Waals surface area contributed by atoms with E-state index < -0.39 is 21.8 Å². The Labute approximate surface area is 265 Å². The van der Waals surface area contributed by atoms with Crippen molar-refractivity contribution in [3.05, 3.63) is 66.0 Å². The van der Waals surface area contributed by atoms with Crippen LogP contribution in [-0.2, 0) is 29.8 Å². The molecule has 5 heterocycles. The molecule has 3 aromatic heterocycles. The molecular formula is C30H37F3N10O2S. The molecule has 2 fully saturated rings. The molecule has 0 saturated carbocycles. The van der Waals surface area contributed by atoms with Crippen LogP contribution in [-0.4, -0.2) is 104 Å². The number of benzene rings is 1. The Morgan fingerprint density at radius 3 is 2.37 bits per heavy atom. The van der Waals surface area contributed by atoms with Crippen molar-refractivity contribution < 1.29 is 21.6 Å². The van der Waals surface area contributed by atoms with Crippen LogP contribution >= 0.6 is 0 Å². The fourth-order valence-corrected chi connectivity index (χ4v) is 7.31.